The van der Waals surface area contributed by atoms with Crippen molar-refractivity contribution in [2.45, 2.75) is 13.5 Å². The highest BCUT2D eigenvalue weighted by Gasteiger charge is 2.08. The molecule has 136 valence electrons. The first kappa shape index (κ1) is 22.6. The smallest absolute Gasteiger partial charge is 0.241 e. The summed E-state index contributed by atoms with van der Waals surface area (Å²) in [7, 11) is 3.42. The number of carbonyl (C=O) groups excluding carboxylic acids is 1. The lowest BCUT2D eigenvalue weighted by Crippen LogP contribution is -2.39. The number of hydrogen-bond donors (Lipinski definition) is 2. The molecule has 0 aliphatic rings. The lowest BCUT2D eigenvalue weighted by Gasteiger charge is -2.22. The van der Waals surface area contributed by atoms with Gasteiger partial charge in [0.2, 0.25) is 5.91 Å². The van der Waals surface area contributed by atoms with Gasteiger partial charge in [0.1, 0.15) is 12.4 Å². The first-order valence-corrected chi connectivity index (χ1v) is 7.56. The Morgan fingerprint density at radius 2 is 2.12 bits per heavy atom. The Balaban J connectivity index is 0.00000529. The molecule has 0 aliphatic carbocycles. The number of hydrogen-bond acceptors (Lipinski definition) is 3. The number of nitrogens with one attached hydrogen (secondary N) is 2. The standard InChI is InChI=1S/C16H25FN4O2.HI/c1-4-18-16(20-11-15(22)19-8-9-23-3)21(2)12-13-6-5-7-14(17)10-13;/h5-7,10H,4,8-9,11-12H2,1-3H3,(H,18,20)(H,19,22);1H. The Hall–Kier alpha value is -1.42. The van der Waals surface area contributed by atoms with Crippen LogP contribution in [0, 0.1) is 5.82 Å². The van der Waals surface area contributed by atoms with E-state index in [2.05, 4.69) is 15.6 Å². The van der Waals surface area contributed by atoms with Crippen molar-refractivity contribution in [2.75, 3.05) is 40.4 Å². The van der Waals surface area contributed by atoms with E-state index in [-0.39, 0.29) is 42.2 Å². The number of aliphatic imine (C=N–C) groups is 1. The number of guanidine groups is 1. The summed E-state index contributed by atoms with van der Waals surface area (Å²) in [6.07, 6.45) is 0. The zero-order valence-corrected chi connectivity index (χ0v) is 16.7. The van der Waals surface area contributed by atoms with E-state index in [0.717, 1.165) is 5.56 Å². The maximum absolute atomic E-state index is 13.2. The van der Waals surface area contributed by atoms with Crippen LogP contribution < -0.4 is 10.6 Å². The second-order valence-corrected chi connectivity index (χ2v) is 5.00. The molecule has 0 bridgehead atoms. The summed E-state index contributed by atoms with van der Waals surface area (Å²) in [6, 6.07) is 6.41. The predicted molar refractivity (Wildman–Crippen MR) is 104 cm³/mol. The van der Waals surface area contributed by atoms with Crippen molar-refractivity contribution in [3.8, 4) is 0 Å². The molecule has 0 saturated heterocycles. The summed E-state index contributed by atoms with van der Waals surface area (Å²) in [6.45, 7) is 4.08. The summed E-state index contributed by atoms with van der Waals surface area (Å²) in [5.74, 6) is 0.158. The zero-order valence-electron chi connectivity index (χ0n) is 14.3. The van der Waals surface area contributed by atoms with Crippen LogP contribution in [0.5, 0.6) is 0 Å². The topological polar surface area (TPSA) is 66.0 Å². The van der Waals surface area contributed by atoms with Gasteiger partial charge in [-0.25, -0.2) is 9.38 Å². The van der Waals surface area contributed by atoms with Crippen molar-refractivity contribution in [1.29, 1.82) is 0 Å². The van der Waals surface area contributed by atoms with Gasteiger partial charge in [-0.3, -0.25) is 4.79 Å². The van der Waals surface area contributed by atoms with Crippen LogP contribution in [0.15, 0.2) is 29.3 Å². The van der Waals surface area contributed by atoms with Gasteiger partial charge < -0.3 is 20.3 Å². The van der Waals surface area contributed by atoms with Crippen LogP contribution >= 0.6 is 24.0 Å². The molecule has 0 aromatic heterocycles. The fourth-order valence-corrected chi connectivity index (χ4v) is 1.95. The fraction of sp³-hybridized carbons (Fsp3) is 0.500. The van der Waals surface area contributed by atoms with E-state index in [1.807, 2.05) is 24.9 Å². The summed E-state index contributed by atoms with van der Waals surface area (Å²) in [5.41, 5.74) is 0.836. The zero-order chi connectivity index (χ0) is 17.1. The molecule has 0 aliphatic heterocycles. The average Bonchev–Trinajstić information content (AvgIpc) is 2.51. The van der Waals surface area contributed by atoms with E-state index in [4.69, 9.17) is 4.74 Å². The number of halogens is 2. The molecule has 0 spiro atoms. The van der Waals surface area contributed by atoms with Crippen LogP contribution in [0.3, 0.4) is 0 Å². The normalized spacial score (nSPS) is 10.8. The lowest BCUT2D eigenvalue weighted by atomic mass is 10.2. The molecular formula is C16H26FIN4O2. The Morgan fingerprint density at radius 3 is 2.75 bits per heavy atom. The molecule has 6 nitrogen and oxygen atoms in total. The maximum atomic E-state index is 13.2. The Labute approximate surface area is 159 Å². The highest BCUT2D eigenvalue weighted by Crippen LogP contribution is 2.06. The monoisotopic (exact) mass is 452 g/mol. The van der Waals surface area contributed by atoms with Crippen molar-refractivity contribution >= 4 is 35.8 Å². The molecule has 0 fully saturated rings. The van der Waals surface area contributed by atoms with Gasteiger partial charge in [0.15, 0.2) is 5.96 Å². The summed E-state index contributed by atoms with van der Waals surface area (Å²) < 4.78 is 18.1. The Bertz CT molecular complexity index is 529. The molecule has 0 radical (unpaired) electrons. The molecule has 1 aromatic carbocycles. The summed E-state index contributed by atoms with van der Waals surface area (Å²) >= 11 is 0. The number of nitrogens with zero attached hydrogens (tertiary/aromatic N) is 2. The third-order valence-electron chi connectivity index (χ3n) is 3.01. The van der Waals surface area contributed by atoms with Crippen LogP contribution in [-0.4, -0.2) is 57.2 Å². The number of carbonyl (C=O) groups is 1. The first-order chi connectivity index (χ1) is 11.1. The molecule has 1 aromatic rings. The minimum atomic E-state index is -0.268. The van der Waals surface area contributed by atoms with Gasteiger partial charge in [0.25, 0.3) is 0 Å². The van der Waals surface area contributed by atoms with Gasteiger partial charge in [-0.1, -0.05) is 12.1 Å². The van der Waals surface area contributed by atoms with Crippen molar-refractivity contribution in [3.05, 3.63) is 35.6 Å². The first-order valence-electron chi connectivity index (χ1n) is 7.56. The third-order valence-corrected chi connectivity index (χ3v) is 3.01. The second kappa shape index (κ2) is 12.9. The number of ether oxygens (including phenoxy) is 1. The van der Waals surface area contributed by atoms with Gasteiger partial charge in [0, 0.05) is 33.8 Å². The van der Waals surface area contributed by atoms with Gasteiger partial charge in [-0.2, -0.15) is 0 Å². The van der Waals surface area contributed by atoms with Crippen LogP contribution in [0.1, 0.15) is 12.5 Å². The average molecular weight is 452 g/mol. The number of amides is 1. The molecule has 8 heteroatoms. The number of methoxy groups -OCH3 is 1. The van der Waals surface area contributed by atoms with Crippen molar-refractivity contribution in [1.82, 2.24) is 15.5 Å². The van der Waals surface area contributed by atoms with E-state index >= 15 is 0 Å². The van der Waals surface area contributed by atoms with Crippen LogP contribution in [0.2, 0.25) is 0 Å². The van der Waals surface area contributed by atoms with E-state index < -0.39 is 0 Å². The SMILES string of the molecule is CCNC(=NCC(=O)NCCOC)N(C)Cc1cccc(F)c1.I. The molecule has 0 atom stereocenters. The number of benzene rings is 1. The van der Waals surface area contributed by atoms with E-state index in [0.29, 0.717) is 32.2 Å². The predicted octanol–water partition coefficient (Wildman–Crippen LogP) is 1.60. The minimum Gasteiger partial charge on any atom is -0.383 e. The maximum Gasteiger partial charge on any atom is 0.241 e. The lowest BCUT2D eigenvalue weighted by molar-refractivity contribution is -0.119. The van der Waals surface area contributed by atoms with Gasteiger partial charge >= 0.3 is 0 Å². The molecule has 2 N–H and O–H groups in total. The van der Waals surface area contributed by atoms with Gasteiger partial charge in [-0.15, -0.1) is 24.0 Å². The quantitative estimate of drug-likeness (QED) is 0.272. The van der Waals surface area contributed by atoms with Crippen molar-refractivity contribution < 1.29 is 13.9 Å². The molecule has 0 heterocycles. The highest BCUT2D eigenvalue weighted by molar-refractivity contribution is 14.0. The minimum absolute atomic E-state index is 0. The molecule has 0 unspecified atom stereocenters. The third kappa shape index (κ3) is 9.02. The van der Waals surface area contributed by atoms with E-state index in [1.165, 1.54) is 12.1 Å². The number of rotatable bonds is 8. The molecule has 1 amide bonds. The van der Waals surface area contributed by atoms with Crippen molar-refractivity contribution in [2.24, 2.45) is 4.99 Å². The Morgan fingerprint density at radius 1 is 1.38 bits per heavy atom. The van der Waals surface area contributed by atoms with E-state index in [1.54, 1.807) is 13.2 Å². The molecule has 1 rings (SSSR count). The molecule has 24 heavy (non-hydrogen) atoms. The van der Waals surface area contributed by atoms with Crippen molar-refractivity contribution in [3.63, 3.8) is 0 Å². The molecule has 0 saturated carbocycles. The second-order valence-electron chi connectivity index (χ2n) is 5.00. The van der Waals surface area contributed by atoms with Crippen LogP contribution in [0.25, 0.3) is 0 Å². The summed E-state index contributed by atoms with van der Waals surface area (Å²) in [4.78, 5) is 17.8. The van der Waals surface area contributed by atoms with Crippen LogP contribution in [-0.2, 0) is 16.1 Å². The fourth-order valence-electron chi connectivity index (χ4n) is 1.95. The van der Waals surface area contributed by atoms with Crippen LogP contribution in [0.4, 0.5) is 4.39 Å². The van der Waals surface area contributed by atoms with Gasteiger partial charge in [0.05, 0.1) is 6.61 Å². The summed E-state index contributed by atoms with van der Waals surface area (Å²) in [5, 5.41) is 5.83. The largest absolute Gasteiger partial charge is 0.383 e. The Kier molecular flexibility index (Phi) is 12.2. The highest BCUT2D eigenvalue weighted by atomic mass is 127. The van der Waals surface area contributed by atoms with Gasteiger partial charge in [-0.05, 0) is 24.6 Å². The van der Waals surface area contributed by atoms with E-state index in [9.17, 15) is 9.18 Å². The molecular weight excluding hydrogens is 426 g/mol.